The Hall–Kier alpha value is -2.24. The van der Waals surface area contributed by atoms with Crippen molar-refractivity contribution in [3.05, 3.63) is 29.8 Å². The highest BCUT2D eigenvalue weighted by Gasteiger charge is 2.42. The maximum atomic E-state index is 13.0. The van der Waals surface area contributed by atoms with Crippen LogP contribution >= 0.6 is 0 Å². The lowest BCUT2D eigenvalue weighted by Gasteiger charge is -2.35. The van der Waals surface area contributed by atoms with Crippen LogP contribution in [0.1, 0.15) is 46.1 Å². The molecule has 0 radical (unpaired) electrons. The van der Waals surface area contributed by atoms with Crippen LogP contribution < -0.4 is 22.1 Å². The second kappa shape index (κ2) is 12.1. The summed E-state index contributed by atoms with van der Waals surface area (Å²) in [7, 11) is 0. The van der Waals surface area contributed by atoms with Crippen molar-refractivity contribution in [1.82, 2.24) is 10.6 Å². The van der Waals surface area contributed by atoms with Gasteiger partial charge in [-0.15, -0.1) is 0 Å². The normalized spacial score (nSPS) is 15.8. The fourth-order valence-corrected chi connectivity index (χ4v) is 3.25. The van der Waals surface area contributed by atoms with Crippen LogP contribution in [-0.2, 0) is 16.0 Å². The van der Waals surface area contributed by atoms with Crippen molar-refractivity contribution in [1.29, 1.82) is 0 Å². The van der Waals surface area contributed by atoms with E-state index in [0.29, 0.717) is 12.0 Å². The number of phenolic OH excluding ortho intramolecular Hbond substituents is 1. The van der Waals surface area contributed by atoms with Crippen molar-refractivity contribution < 1.29 is 30.0 Å². The highest BCUT2D eigenvalue weighted by molar-refractivity contribution is 5.89. The Kier molecular flexibility index (Phi) is 10.5. The first-order valence-electron chi connectivity index (χ1n) is 10.8. The number of aliphatic hydroxyl groups is 3. The van der Waals surface area contributed by atoms with Crippen LogP contribution in [0.3, 0.4) is 0 Å². The van der Waals surface area contributed by atoms with E-state index in [9.17, 15) is 30.0 Å². The van der Waals surface area contributed by atoms with E-state index in [1.165, 1.54) is 24.3 Å². The maximum absolute atomic E-state index is 13.0. The Morgan fingerprint density at radius 3 is 1.94 bits per heavy atom. The van der Waals surface area contributed by atoms with Crippen LogP contribution in [0.25, 0.3) is 0 Å². The summed E-state index contributed by atoms with van der Waals surface area (Å²) in [4.78, 5) is 25.5. The van der Waals surface area contributed by atoms with E-state index in [-0.39, 0.29) is 30.4 Å². The molecule has 1 aromatic rings. The third kappa shape index (κ3) is 8.71. The van der Waals surface area contributed by atoms with Gasteiger partial charge in [-0.1, -0.05) is 39.8 Å². The Morgan fingerprint density at radius 2 is 1.47 bits per heavy atom. The number of amides is 2. The summed E-state index contributed by atoms with van der Waals surface area (Å²) in [6.45, 7) is 7.61. The highest BCUT2D eigenvalue weighted by atomic mass is 16.5. The van der Waals surface area contributed by atoms with Gasteiger partial charge in [-0.3, -0.25) is 9.59 Å². The molecule has 0 aliphatic carbocycles. The molecule has 1 aromatic carbocycles. The van der Waals surface area contributed by atoms with Crippen LogP contribution in [-0.4, -0.2) is 62.4 Å². The van der Waals surface area contributed by atoms with E-state index >= 15 is 0 Å². The molecular formula is C22H38N4O6. The third-order valence-corrected chi connectivity index (χ3v) is 5.04. The van der Waals surface area contributed by atoms with Crippen LogP contribution in [0.5, 0.6) is 5.75 Å². The lowest BCUT2D eigenvalue weighted by atomic mass is 9.95. The zero-order valence-electron chi connectivity index (χ0n) is 19.2. The standard InChI is InChI=1S/C22H38N4O6/c1-12(2)9-16(23)19(28)25-17(10-13(3)4)20(29)26-18(22(31,32)21(24)30)11-14-5-7-15(27)8-6-14/h5-8,12-13,16-18,21,27,30-32H,9-11,23-24H2,1-4H3,(H,25,28)(H,26,29)/t16-,17-,18-,21+/m0/s1. The number of aromatic hydroxyl groups is 1. The molecule has 32 heavy (non-hydrogen) atoms. The summed E-state index contributed by atoms with van der Waals surface area (Å²) in [5.74, 6) is -3.75. The Balaban J connectivity index is 3.07. The molecule has 0 spiro atoms. The average molecular weight is 455 g/mol. The molecule has 0 aliphatic heterocycles. The quantitative estimate of drug-likeness (QED) is 0.190. The fraction of sp³-hybridized carbons (Fsp3) is 0.636. The number of phenols is 1. The number of nitrogens with one attached hydrogen (secondary N) is 2. The highest BCUT2D eigenvalue weighted by Crippen LogP contribution is 2.18. The van der Waals surface area contributed by atoms with E-state index < -0.39 is 42.0 Å². The van der Waals surface area contributed by atoms with Gasteiger partial charge >= 0.3 is 0 Å². The smallest absolute Gasteiger partial charge is 0.243 e. The van der Waals surface area contributed by atoms with Gasteiger partial charge in [0.2, 0.25) is 17.6 Å². The molecule has 0 unspecified atom stereocenters. The summed E-state index contributed by atoms with van der Waals surface area (Å²) in [5.41, 5.74) is 11.8. The van der Waals surface area contributed by atoms with E-state index in [0.717, 1.165) is 0 Å². The minimum absolute atomic E-state index is 0.0184. The van der Waals surface area contributed by atoms with E-state index in [1.807, 2.05) is 27.7 Å². The topological polar surface area (TPSA) is 191 Å². The summed E-state index contributed by atoms with van der Waals surface area (Å²) in [6.07, 6.45) is -1.45. The number of benzene rings is 1. The Bertz CT molecular complexity index is 736. The molecule has 0 saturated carbocycles. The van der Waals surface area contributed by atoms with Crippen molar-refractivity contribution in [2.24, 2.45) is 23.3 Å². The van der Waals surface area contributed by atoms with Gasteiger partial charge in [-0.2, -0.15) is 0 Å². The summed E-state index contributed by atoms with van der Waals surface area (Å²) in [5, 5.41) is 45.0. The van der Waals surface area contributed by atoms with Gasteiger partial charge < -0.3 is 42.5 Å². The Morgan fingerprint density at radius 1 is 0.938 bits per heavy atom. The lowest BCUT2D eigenvalue weighted by molar-refractivity contribution is -0.240. The van der Waals surface area contributed by atoms with Crippen molar-refractivity contribution in [3.8, 4) is 5.75 Å². The molecule has 182 valence electrons. The molecule has 0 bridgehead atoms. The van der Waals surface area contributed by atoms with Gasteiger partial charge in [0.05, 0.1) is 12.1 Å². The van der Waals surface area contributed by atoms with Gasteiger partial charge in [-0.25, -0.2) is 0 Å². The molecule has 1 rings (SSSR count). The molecule has 10 heteroatoms. The first kappa shape index (κ1) is 27.8. The maximum Gasteiger partial charge on any atom is 0.243 e. The van der Waals surface area contributed by atoms with Crippen LogP contribution in [0.15, 0.2) is 24.3 Å². The molecule has 0 fully saturated rings. The van der Waals surface area contributed by atoms with E-state index in [4.69, 9.17) is 11.5 Å². The molecule has 10 nitrogen and oxygen atoms in total. The minimum Gasteiger partial charge on any atom is -0.508 e. The van der Waals surface area contributed by atoms with Crippen LogP contribution in [0, 0.1) is 11.8 Å². The number of hydrogen-bond donors (Lipinski definition) is 8. The average Bonchev–Trinajstić information content (AvgIpc) is 2.67. The van der Waals surface area contributed by atoms with Gasteiger partial charge in [0.15, 0.2) is 6.23 Å². The molecule has 0 aliphatic rings. The molecule has 0 saturated heterocycles. The monoisotopic (exact) mass is 454 g/mol. The molecular weight excluding hydrogens is 416 g/mol. The van der Waals surface area contributed by atoms with Gasteiger partial charge in [-0.05, 0) is 48.8 Å². The number of carbonyl (C=O) groups is 2. The first-order chi connectivity index (χ1) is 14.7. The molecule has 0 aromatic heterocycles. The lowest BCUT2D eigenvalue weighted by Crippen LogP contribution is -2.65. The third-order valence-electron chi connectivity index (χ3n) is 5.04. The summed E-state index contributed by atoms with van der Waals surface area (Å²) >= 11 is 0. The molecule has 0 heterocycles. The van der Waals surface area contributed by atoms with Crippen molar-refractivity contribution in [2.45, 2.75) is 77.1 Å². The minimum atomic E-state index is -2.85. The van der Waals surface area contributed by atoms with Crippen LogP contribution in [0.4, 0.5) is 0 Å². The number of nitrogens with two attached hydrogens (primary N) is 2. The summed E-state index contributed by atoms with van der Waals surface area (Å²) < 4.78 is 0. The fourth-order valence-electron chi connectivity index (χ4n) is 3.25. The SMILES string of the molecule is CC(C)C[C@H](NC(=O)[C@@H](N)CC(C)C)C(=O)N[C@@H](Cc1ccc(O)cc1)C(O)(O)[C@H](N)O. The van der Waals surface area contributed by atoms with E-state index in [1.54, 1.807) is 0 Å². The first-order valence-corrected chi connectivity index (χ1v) is 10.8. The zero-order chi connectivity index (χ0) is 24.6. The second-order valence-corrected chi connectivity index (χ2v) is 9.09. The van der Waals surface area contributed by atoms with Crippen molar-refractivity contribution >= 4 is 11.8 Å². The number of rotatable bonds is 12. The summed E-state index contributed by atoms with van der Waals surface area (Å²) in [6, 6.07) is 2.70. The predicted octanol–water partition coefficient (Wildman–Crippen LogP) is -0.718. The van der Waals surface area contributed by atoms with Gasteiger partial charge in [0.1, 0.15) is 11.8 Å². The van der Waals surface area contributed by atoms with Crippen molar-refractivity contribution in [2.75, 3.05) is 0 Å². The van der Waals surface area contributed by atoms with Crippen LogP contribution in [0.2, 0.25) is 0 Å². The number of aliphatic hydroxyl groups excluding tert-OH is 1. The number of hydrogen-bond acceptors (Lipinski definition) is 8. The zero-order valence-corrected chi connectivity index (χ0v) is 19.2. The van der Waals surface area contributed by atoms with Crippen molar-refractivity contribution in [3.63, 3.8) is 0 Å². The van der Waals surface area contributed by atoms with E-state index in [2.05, 4.69) is 10.6 Å². The molecule has 4 atom stereocenters. The Labute approximate surface area is 189 Å². The molecule has 10 N–H and O–H groups in total. The van der Waals surface area contributed by atoms with Gasteiger partial charge in [0.25, 0.3) is 0 Å². The molecule has 2 amide bonds. The second-order valence-electron chi connectivity index (χ2n) is 9.09. The van der Waals surface area contributed by atoms with Gasteiger partial charge in [0, 0.05) is 0 Å². The number of carbonyl (C=O) groups excluding carboxylic acids is 2. The largest absolute Gasteiger partial charge is 0.508 e. The predicted molar refractivity (Wildman–Crippen MR) is 120 cm³/mol.